The van der Waals surface area contributed by atoms with E-state index < -0.39 is 0 Å². The molecule has 0 aromatic rings. The highest BCUT2D eigenvalue weighted by Crippen LogP contribution is 2.36. The highest BCUT2D eigenvalue weighted by atomic mass is 16.3. The van der Waals surface area contributed by atoms with Crippen molar-refractivity contribution in [1.29, 1.82) is 0 Å². The molecule has 0 bridgehead atoms. The van der Waals surface area contributed by atoms with Gasteiger partial charge in [0.15, 0.2) is 0 Å². The predicted molar refractivity (Wildman–Crippen MR) is 68.0 cm³/mol. The largest absolute Gasteiger partial charge is 0.392 e. The van der Waals surface area contributed by atoms with Crippen molar-refractivity contribution in [2.24, 2.45) is 17.3 Å². The molecule has 0 amide bonds. The summed E-state index contributed by atoms with van der Waals surface area (Å²) >= 11 is 0. The molecular formula is C15H20O. The third-order valence-corrected chi connectivity index (χ3v) is 3.30. The molecule has 16 heavy (non-hydrogen) atoms. The Balaban J connectivity index is 2.23. The minimum atomic E-state index is 0.142. The van der Waals surface area contributed by atoms with Crippen LogP contribution in [0.15, 0.2) is 47.6 Å². The maximum atomic E-state index is 9.10. The number of hydrogen-bond donors (Lipinski definition) is 1. The zero-order valence-electron chi connectivity index (χ0n) is 10.3. The van der Waals surface area contributed by atoms with E-state index in [-0.39, 0.29) is 12.0 Å². The molecule has 0 saturated carbocycles. The Morgan fingerprint density at radius 1 is 1.06 bits per heavy atom. The van der Waals surface area contributed by atoms with Gasteiger partial charge in [-0.15, -0.1) is 0 Å². The average Bonchev–Trinajstić information content (AvgIpc) is 2.26. The summed E-state index contributed by atoms with van der Waals surface area (Å²) in [6, 6.07) is 0. The standard InChI is InChI=1S/C15H20O/c1-15(2,3)14-7-6-12-8-11(10-16)4-5-13(12)9-14/h4-9,12-13,16H,10H2,1-3H3. The fraction of sp³-hybridized carbons (Fsp3) is 0.467. The minimum absolute atomic E-state index is 0.142. The van der Waals surface area contributed by atoms with Gasteiger partial charge in [0.2, 0.25) is 0 Å². The van der Waals surface area contributed by atoms with Gasteiger partial charge in [-0.05, 0) is 16.6 Å². The molecule has 86 valence electrons. The predicted octanol–water partition coefficient (Wildman–Crippen LogP) is 3.25. The molecule has 2 aliphatic rings. The summed E-state index contributed by atoms with van der Waals surface area (Å²) in [6.45, 7) is 6.87. The van der Waals surface area contributed by atoms with E-state index in [1.54, 1.807) is 0 Å². The molecule has 1 heteroatoms. The van der Waals surface area contributed by atoms with Crippen LogP contribution in [-0.2, 0) is 0 Å². The quantitative estimate of drug-likeness (QED) is 0.713. The van der Waals surface area contributed by atoms with E-state index in [0.29, 0.717) is 11.8 Å². The number of hydrogen-bond acceptors (Lipinski definition) is 1. The normalized spacial score (nSPS) is 28.5. The van der Waals surface area contributed by atoms with Gasteiger partial charge in [-0.25, -0.2) is 0 Å². The average molecular weight is 216 g/mol. The highest BCUT2D eigenvalue weighted by molar-refractivity contribution is 5.39. The summed E-state index contributed by atoms with van der Waals surface area (Å²) in [5.41, 5.74) is 2.65. The molecule has 0 aliphatic heterocycles. The van der Waals surface area contributed by atoms with Crippen LogP contribution in [0, 0.1) is 17.3 Å². The lowest BCUT2D eigenvalue weighted by Gasteiger charge is -2.30. The first-order chi connectivity index (χ1) is 7.50. The molecular weight excluding hydrogens is 196 g/mol. The van der Waals surface area contributed by atoms with Crippen molar-refractivity contribution in [2.75, 3.05) is 6.61 Å². The van der Waals surface area contributed by atoms with Crippen LogP contribution in [0.5, 0.6) is 0 Å². The Labute approximate surface area is 97.9 Å². The summed E-state index contributed by atoms with van der Waals surface area (Å²) in [5, 5.41) is 9.10. The first-order valence-corrected chi connectivity index (χ1v) is 5.91. The third-order valence-electron chi connectivity index (χ3n) is 3.30. The molecule has 0 spiro atoms. The van der Waals surface area contributed by atoms with Crippen LogP contribution in [0.25, 0.3) is 0 Å². The SMILES string of the molecule is CC(C)(C)C1=CC2C=CC(CO)=CC2C=C1. The Morgan fingerprint density at radius 3 is 2.31 bits per heavy atom. The van der Waals surface area contributed by atoms with Crippen LogP contribution < -0.4 is 0 Å². The van der Waals surface area contributed by atoms with Crippen molar-refractivity contribution in [2.45, 2.75) is 20.8 Å². The maximum Gasteiger partial charge on any atom is 0.0678 e. The first-order valence-electron chi connectivity index (χ1n) is 5.91. The molecule has 2 rings (SSSR count). The van der Waals surface area contributed by atoms with Gasteiger partial charge in [0.05, 0.1) is 6.61 Å². The lowest BCUT2D eigenvalue weighted by atomic mass is 9.75. The van der Waals surface area contributed by atoms with Crippen molar-refractivity contribution >= 4 is 0 Å². The van der Waals surface area contributed by atoms with Crippen molar-refractivity contribution in [3.05, 3.63) is 47.6 Å². The number of aliphatic hydroxyl groups excluding tert-OH is 1. The summed E-state index contributed by atoms with van der Waals surface area (Å²) in [7, 11) is 0. The van der Waals surface area contributed by atoms with Gasteiger partial charge in [0, 0.05) is 11.8 Å². The number of fused-ring (bicyclic) bond motifs is 1. The zero-order chi connectivity index (χ0) is 11.8. The van der Waals surface area contributed by atoms with Gasteiger partial charge in [-0.1, -0.05) is 57.2 Å². The van der Waals surface area contributed by atoms with Crippen LogP contribution in [-0.4, -0.2) is 11.7 Å². The van der Waals surface area contributed by atoms with Gasteiger partial charge >= 0.3 is 0 Å². The van der Waals surface area contributed by atoms with E-state index in [1.807, 2.05) is 6.08 Å². The third kappa shape index (κ3) is 2.19. The van der Waals surface area contributed by atoms with E-state index in [2.05, 4.69) is 51.2 Å². The first kappa shape index (κ1) is 11.4. The number of allylic oxidation sites excluding steroid dienone is 6. The van der Waals surface area contributed by atoms with Gasteiger partial charge < -0.3 is 5.11 Å². The van der Waals surface area contributed by atoms with Crippen molar-refractivity contribution < 1.29 is 5.11 Å². The summed E-state index contributed by atoms with van der Waals surface area (Å²) in [6.07, 6.45) is 13.2. The van der Waals surface area contributed by atoms with E-state index in [9.17, 15) is 0 Å². The fourth-order valence-corrected chi connectivity index (χ4v) is 2.21. The number of aliphatic hydroxyl groups is 1. The molecule has 0 heterocycles. The van der Waals surface area contributed by atoms with Gasteiger partial charge in [0.1, 0.15) is 0 Å². The van der Waals surface area contributed by atoms with E-state index in [4.69, 9.17) is 5.11 Å². The molecule has 0 aromatic heterocycles. The molecule has 2 aliphatic carbocycles. The zero-order valence-corrected chi connectivity index (χ0v) is 10.3. The topological polar surface area (TPSA) is 20.2 Å². The van der Waals surface area contributed by atoms with E-state index in [0.717, 1.165) is 5.57 Å². The number of rotatable bonds is 1. The highest BCUT2D eigenvalue weighted by Gasteiger charge is 2.24. The van der Waals surface area contributed by atoms with Gasteiger partial charge in [-0.2, -0.15) is 0 Å². The molecule has 0 saturated heterocycles. The second kappa shape index (κ2) is 4.06. The fourth-order valence-electron chi connectivity index (χ4n) is 2.21. The molecule has 2 unspecified atom stereocenters. The van der Waals surface area contributed by atoms with Crippen molar-refractivity contribution in [3.8, 4) is 0 Å². The monoisotopic (exact) mass is 216 g/mol. The van der Waals surface area contributed by atoms with Gasteiger partial charge in [-0.3, -0.25) is 0 Å². The second-order valence-corrected chi connectivity index (χ2v) is 5.64. The molecule has 1 nitrogen and oxygen atoms in total. The Morgan fingerprint density at radius 2 is 1.69 bits per heavy atom. The van der Waals surface area contributed by atoms with Crippen LogP contribution in [0.3, 0.4) is 0 Å². The van der Waals surface area contributed by atoms with Crippen molar-refractivity contribution in [3.63, 3.8) is 0 Å². The molecule has 0 radical (unpaired) electrons. The Kier molecular flexibility index (Phi) is 2.90. The van der Waals surface area contributed by atoms with Crippen LogP contribution in [0.2, 0.25) is 0 Å². The summed E-state index contributed by atoms with van der Waals surface area (Å²) in [5.74, 6) is 0.896. The molecule has 1 N–H and O–H groups in total. The van der Waals surface area contributed by atoms with Crippen molar-refractivity contribution in [1.82, 2.24) is 0 Å². The Hall–Kier alpha value is -1.08. The van der Waals surface area contributed by atoms with Crippen LogP contribution in [0.4, 0.5) is 0 Å². The van der Waals surface area contributed by atoms with Crippen LogP contribution >= 0.6 is 0 Å². The summed E-state index contributed by atoms with van der Waals surface area (Å²) < 4.78 is 0. The smallest absolute Gasteiger partial charge is 0.0678 e. The van der Waals surface area contributed by atoms with Crippen LogP contribution in [0.1, 0.15) is 20.8 Å². The van der Waals surface area contributed by atoms with Gasteiger partial charge in [0.25, 0.3) is 0 Å². The van der Waals surface area contributed by atoms with E-state index >= 15 is 0 Å². The second-order valence-electron chi connectivity index (χ2n) is 5.64. The Bertz CT molecular complexity index is 388. The van der Waals surface area contributed by atoms with E-state index in [1.165, 1.54) is 5.57 Å². The molecule has 0 aromatic carbocycles. The lowest BCUT2D eigenvalue weighted by molar-refractivity contribution is 0.332. The lowest BCUT2D eigenvalue weighted by Crippen LogP contribution is -2.18. The molecule has 0 fully saturated rings. The summed E-state index contributed by atoms with van der Waals surface area (Å²) in [4.78, 5) is 0. The maximum absolute atomic E-state index is 9.10. The minimum Gasteiger partial charge on any atom is -0.392 e. The molecule has 2 atom stereocenters.